The number of nitrogens with one attached hydrogen (secondary N) is 2. The van der Waals surface area contributed by atoms with Crippen LogP contribution in [0.15, 0.2) is 61.2 Å². The van der Waals surface area contributed by atoms with E-state index in [1.54, 1.807) is 48.9 Å². The van der Waals surface area contributed by atoms with Crippen molar-refractivity contribution in [2.24, 2.45) is 0 Å². The molecule has 2 heterocycles. The largest absolute Gasteiger partial charge is 0.491 e. The van der Waals surface area contributed by atoms with Gasteiger partial charge in [0.05, 0.1) is 24.5 Å². The molecule has 0 spiro atoms. The molecule has 1 aliphatic rings. The first kappa shape index (κ1) is 23.4. The van der Waals surface area contributed by atoms with Crippen LogP contribution in [0.3, 0.4) is 0 Å². The summed E-state index contributed by atoms with van der Waals surface area (Å²) >= 11 is 12.6. The fourth-order valence-corrected chi connectivity index (χ4v) is 4.09. The molecule has 0 saturated carbocycles. The molecule has 0 bridgehead atoms. The molecule has 2 atom stereocenters. The lowest BCUT2D eigenvalue weighted by Gasteiger charge is -2.30. The van der Waals surface area contributed by atoms with Crippen molar-refractivity contribution >= 4 is 34.9 Å². The average Bonchev–Trinajstić information content (AvgIpc) is 3.44. The Morgan fingerprint density at radius 3 is 2.79 bits per heavy atom. The number of imidazole rings is 1. The number of carbonyl (C=O) groups excluding carboxylic acids is 1. The van der Waals surface area contributed by atoms with Gasteiger partial charge in [-0.25, -0.2) is 9.78 Å². The van der Waals surface area contributed by atoms with Gasteiger partial charge >= 0.3 is 6.03 Å². The molecule has 4 rings (SSSR count). The maximum Gasteiger partial charge on any atom is 0.319 e. The van der Waals surface area contributed by atoms with E-state index in [1.165, 1.54) is 0 Å². The van der Waals surface area contributed by atoms with E-state index in [-0.39, 0.29) is 18.7 Å². The number of ether oxygens (including phenoxy) is 3. The minimum atomic E-state index is -1.10. The van der Waals surface area contributed by atoms with Gasteiger partial charge in [0, 0.05) is 35.2 Å². The second-order valence-electron chi connectivity index (χ2n) is 7.48. The summed E-state index contributed by atoms with van der Waals surface area (Å²) < 4.78 is 20.3. The van der Waals surface area contributed by atoms with Gasteiger partial charge in [-0.15, -0.1) is 0 Å². The first-order valence-electron chi connectivity index (χ1n) is 10.5. The summed E-state index contributed by atoms with van der Waals surface area (Å²) in [6, 6.07) is 12.1. The Labute approximate surface area is 201 Å². The van der Waals surface area contributed by atoms with Crippen molar-refractivity contribution in [3.8, 4) is 5.75 Å². The third kappa shape index (κ3) is 5.78. The van der Waals surface area contributed by atoms with Crippen LogP contribution in [0.1, 0.15) is 12.5 Å². The Morgan fingerprint density at radius 2 is 2.09 bits per heavy atom. The third-order valence-electron chi connectivity index (χ3n) is 5.04. The van der Waals surface area contributed by atoms with Crippen molar-refractivity contribution in [2.45, 2.75) is 25.4 Å². The average molecular weight is 491 g/mol. The summed E-state index contributed by atoms with van der Waals surface area (Å²) in [5, 5.41) is 6.42. The molecule has 0 radical (unpaired) electrons. The number of halogens is 2. The zero-order valence-corrected chi connectivity index (χ0v) is 19.5. The number of aromatic nitrogens is 2. The fraction of sp³-hybridized carbons (Fsp3) is 0.304. The van der Waals surface area contributed by atoms with Gasteiger partial charge in [0.2, 0.25) is 5.79 Å². The fourth-order valence-electron chi connectivity index (χ4n) is 3.53. The van der Waals surface area contributed by atoms with E-state index in [1.807, 2.05) is 23.8 Å². The monoisotopic (exact) mass is 490 g/mol. The number of rotatable bonds is 8. The van der Waals surface area contributed by atoms with Crippen molar-refractivity contribution < 1.29 is 19.0 Å². The van der Waals surface area contributed by atoms with Gasteiger partial charge in [0.15, 0.2) is 0 Å². The van der Waals surface area contributed by atoms with Crippen molar-refractivity contribution in [3.63, 3.8) is 0 Å². The van der Waals surface area contributed by atoms with Crippen LogP contribution in [0.5, 0.6) is 5.75 Å². The molecule has 2 N–H and O–H groups in total. The van der Waals surface area contributed by atoms with Gasteiger partial charge < -0.3 is 29.4 Å². The van der Waals surface area contributed by atoms with Gasteiger partial charge in [0.25, 0.3) is 0 Å². The van der Waals surface area contributed by atoms with Gasteiger partial charge in [-0.1, -0.05) is 29.3 Å². The number of hydrogen-bond acceptors (Lipinski definition) is 5. The molecule has 174 valence electrons. The van der Waals surface area contributed by atoms with Gasteiger partial charge in [-0.3, -0.25) is 0 Å². The molecule has 1 fully saturated rings. The predicted octanol–water partition coefficient (Wildman–Crippen LogP) is 4.68. The molecule has 0 aliphatic carbocycles. The van der Waals surface area contributed by atoms with Crippen LogP contribution < -0.4 is 15.4 Å². The van der Waals surface area contributed by atoms with Crippen LogP contribution in [0, 0.1) is 0 Å². The molecule has 2 amide bonds. The van der Waals surface area contributed by atoms with E-state index < -0.39 is 5.79 Å². The molecule has 1 aromatic heterocycles. The number of nitrogens with zero attached hydrogens (tertiary/aromatic N) is 2. The number of anilines is 1. The number of carbonyl (C=O) groups is 1. The Hall–Kier alpha value is -2.78. The SMILES string of the molecule is CCNC(=O)Nc1ccc(OC[C@@H]2CO[C@@](Cn3ccnc3)(c3ccc(Cl)cc3Cl)O2)cc1. The normalized spacial score (nSPS) is 19.9. The summed E-state index contributed by atoms with van der Waals surface area (Å²) in [6.45, 7) is 3.38. The highest BCUT2D eigenvalue weighted by Gasteiger charge is 2.45. The van der Waals surface area contributed by atoms with Gasteiger partial charge in [-0.2, -0.15) is 0 Å². The first-order chi connectivity index (χ1) is 16.0. The summed E-state index contributed by atoms with van der Waals surface area (Å²) in [4.78, 5) is 15.7. The number of benzene rings is 2. The molecular weight excluding hydrogens is 467 g/mol. The molecular formula is C23H24Cl2N4O4. The standard InChI is InChI=1S/C23H24Cl2N4O4/c1-2-27-22(30)28-17-4-6-18(7-5-17)31-12-19-13-32-23(33-19,14-29-10-9-26-15-29)20-8-3-16(24)11-21(20)25/h3-11,15,19H,2,12-14H2,1H3,(H2,27,28,30)/t19-,23-/m1/s1. The lowest BCUT2D eigenvalue weighted by Crippen LogP contribution is -2.34. The predicted molar refractivity (Wildman–Crippen MR) is 126 cm³/mol. The minimum absolute atomic E-state index is 0.252. The van der Waals surface area contributed by atoms with Crippen LogP contribution >= 0.6 is 23.2 Å². The molecule has 2 aromatic carbocycles. The zero-order chi connectivity index (χ0) is 23.3. The zero-order valence-electron chi connectivity index (χ0n) is 18.0. The quantitative estimate of drug-likeness (QED) is 0.478. The number of amides is 2. The Kier molecular flexibility index (Phi) is 7.39. The highest BCUT2D eigenvalue weighted by molar-refractivity contribution is 6.35. The van der Waals surface area contributed by atoms with Crippen LogP contribution in [-0.2, 0) is 21.8 Å². The second-order valence-corrected chi connectivity index (χ2v) is 8.33. The van der Waals surface area contributed by atoms with E-state index in [4.69, 9.17) is 37.4 Å². The Morgan fingerprint density at radius 1 is 1.27 bits per heavy atom. The van der Waals surface area contributed by atoms with Crippen LogP contribution in [0.25, 0.3) is 0 Å². The van der Waals surface area contributed by atoms with Crippen molar-refractivity contribution in [2.75, 3.05) is 25.1 Å². The van der Waals surface area contributed by atoms with E-state index in [0.29, 0.717) is 46.7 Å². The summed E-state index contributed by atoms with van der Waals surface area (Å²) in [5.41, 5.74) is 1.36. The Balaban J connectivity index is 1.42. The molecule has 33 heavy (non-hydrogen) atoms. The maximum atomic E-state index is 11.6. The topological polar surface area (TPSA) is 86.6 Å². The van der Waals surface area contributed by atoms with Gasteiger partial charge in [-0.05, 0) is 43.3 Å². The molecule has 8 nitrogen and oxygen atoms in total. The molecule has 3 aromatic rings. The Bertz CT molecular complexity index is 1080. The number of urea groups is 1. The van der Waals surface area contributed by atoms with Crippen LogP contribution in [-0.4, -0.2) is 41.4 Å². The first-order valence-corrected chi connectivity index (χ1v) is 11.2. The van der Waals surface area contributed by atoms with E-state index in [9.17, 15) is 4.79 Å². The van der Waals surface area contributed by atoms with Crippen molar-refractivity contribution in [3.05, 3.63) is 76.8 Å². The summed E-state index contributed by atoms with van der Waals surface area (Å²) in [6.07, 6.45) is 4.89. The van der Waals surface area contributed by atoms with E-state index >= 15 is 0 Å². The van der Waals surface area contributed by atoms with Crippen LogP contribution in [0.4, 0.5) is 10.5 Å². The molecule has 10 heteroatoms. The molecule has 0 unspecified atom stereocenters. The van der Waals surface area contributed by atoms with E-state index in [2.05, 4.69) is 15.6 Å². The smallest absolute Gasteiger partial charge is 0.319 e. The highest BCUT2D eigenvalue weighted by atomic mass is 35.5. The van der Waals surface area contributed by atoms with Crippen molar-refractivity contribution in [1.29, 1.82) is 0 Å². The maximum absolute atomic E-state index is 11.6. The third-order valence-corrected chi connectivity index (χ3v) is 5.58. The second kappa shape index (κ2) is 10.4. The molecule has 1 saturated heterocycles. The minimum Gasteiger partial charge on any atom is -0.491 e. The summed E-state index contributed by atoms with van der Waals surface area (Å²) in [5.74, 6) is -0.451. The van der Waals surface area contributed by atoms with Crippen molar-refractivity contribution in [1.82, 2.24) is 14.9 Å². The highest BCUT2D eigenvalue weighted by Crippen LogP contribution is 2.40. The van der Waals surface area contributed by atoms with E-state index in [0.717, 1.165) is 0 Å². The van der Waals surface area contributed by atoms with Crippen LogP contribution in [0.2, 0.25) is 10.0 Å². The summed E-state index contributed by atoms with van der Waals surface area (Å²) in [7, 11) is 0. The lowest BCUT2D eigenvalue weighted by atomic mass is 10.1. The van der Waals surface area contributed by atoms with Gasteiger partial charge in [0.1, 0.15) is 18.5 Å². The number of hydrogen-bond donors (Lipinski definition) is 2. The molecule has 1 aliphatic heterocycles. The lowest BCUT2D eigenvalue weighted by molar-refractivity contribution is -0.189.